The highest BCUT2D eigenvalue weighted by Crippen LogP contribution is 2.30. The molecule has 2 heterocycles. The molecule has 3 aromatic rings. The maximum atomic E-state index is 13.7. The molecule has 3 rings (SSSR count). The number of hydrogen-bond donors (Lipinski definition) is 1. The largest absolute Gasteiger partial charge is 0.453 e. The van der Waals surface area contributed by atoms with Crippen molar-refractivity contribution in [1.29, 1.82) is 0 Å². The summed E-state index contributed by atoms with van der Waals surface area (Å²) in [4.78, 5) is 4.19. The number of hydrogen-bond acceptors (Lipinski definition) is 4. The first kappa shape index (κ1) is 11.5. The third-order valence-electron chi connectivity index (χ3n) is 2.77. The number of ether oxygens (including phenoxy) is 1. The fourth-order valence-electron chi connectivity index (χ4n) is 1.83. The summed E-state index contributed by atoms with van der Waals surface area (Å²) < 4.78 is 20.9. The van der Waals surface area contributed by atoms with E-state index in [0.717, 1.165) is 5.39 Å². The Bertz CT molecular complexity index is 753. The lowest BCUT2D eigenvalue weighted by Crippen LogP contribution is -1.94. The zero-order valence-corrected chi connectivity index (χ0v) is 10.2. The van der Waals surface area contributed by atoms with Gasteiger partial charge in [0, 0.05) is 25.0 Å². The molecule has 0 fully saturated rings. The van der Waals surface area contributed by atoms with Crippen molar-refractivity contribution in [2.75, 3.05) is 5.73 Å². The average molecular weight is 258 g/mol. The number of benzene rings is 1. The summed E-state index contributed by atoms with van der Waals surface area (Å²) in [6.45, 7) is 0. The van der Waals surface area contributed by atoms with Crippen molar-refractivity contribution in [1.82, 2.24) is 14.8 Å². The van der Waals surface area contributed by atoms with Gasteiger partial charge in [-0.2, -0.15) is 5.10 Å². The molecule has 0 spiro atoms. The van der Waals surface area contributed by atoms with Crippen LogP contribution in [0.3, 0.4) is 0 Å². The highest BCUT2D eigenvalue weighted by atomic mass is 19.1. The smallest absolute Gasteiger partial charge is 0.167 e. The summed E-state index contributed by atoms with van der Waals surface area (Å²) in [5.74, 6) is 0.112. The summed E-state index contributed by atoms with van der Waals surface area (Å²) in [6.07, 6.45) is 3.22. The molecule has 0 amide bonds. The lowest BCUT2D eigenvalue weighted by molar-refractivity contribution is 0.446. The van der Waals surface area contributed by atoms with E-state index >= 15 is 0 Å². The lowest BCUT2D eigenvalue weighted by Gasteiger charge is -2.07. The summed E-state index contributed by atoms with van der Waals surface area (Å²) in [7, 11) is 1.78. The molecule has 1 aromatic carbocycles. The number of aromatic nitrogens is 3. The Morgan fingerprint density at radius 1 is 1.26 bits per heavy atom. The molecule has 0 radical (unpaired) electrons. The molecule has 6 heteroatoms. The molecule has 19 heavy (non-hydrogen) atoms. The van der Waals surface area contributed by atoms with Crippen LogP contribution >= 0.6 is 0 Å². The number of nitrogen functional groups attached to an aromatic ring is 1. The van der Waals surface area contributed by atoms with Crippen molar-refractivity contribution in [3.05, 3.63) is 42.5 Å². The summed E-state index contributed by atoms with van der Waals surface area (Å²) in [5.41, 5.74) is 6.52. The minimum atomic E-state index is -0.506. The van der Waals surface area contributed by atoms with E-state index in [1.165, 1.54) is 12.1 Å². The summed E-state index contributed by atoms with van der Waals surface area (Å²) >= 11 is 0. The van der Waals surface area contributed by atoms with Gasteiger partial charge in [-0.15, -0.1) is 0 Å². The van der Waals surface area contributed by atoms with Crippen molar-refractivity contribution in [2.24, 2.45) is 7.05 Å². The van der Waals surface area contributed by atoms with E-state index in [0.29, 0.717) is 17.1 Å². The van der Waals surface area contributed by atoms with Crippen LogP contribution in [0, 0.1) is 5.82 Å². The molecule has 2 aromatic heterocycles. The fraction of sp³-hybridized carbons (Fsp3) is 0.0769. The van der Waals surface area contributed by atoms with Gasteiger partial charge in [0.2, 0.25) is 0 Å². The zero-order valence-electron chi connectivity index (χ0n) is 10.2. The maximum absolute atomic E-state index is 13.7. The maximum Gasteiger partial charge on any atom is 0.167 e. The number of halogens is 1. The van der Waals surface area contributed by atoms with Gasteiger partial charge in [-0.25, -0.2) is 9.37 Å². The second-order valence-electron chi connectivity index (χ2n) is 4.11. The van der Waals surface area contributed by atoms with Crippen molar-refractivity contribution < 1.29 is 9.13 Å². The van der Waals surface area contributed by atoms with E-state index in [1.807, 2.05) is 0 Å². The highest BCUT2D eigenvalue weighted by molar-refractivity contribution is 5.81. The van der Waals surface area contributed by atoms with Crippen molar-refractivity contribution in [3.63, 3.8) is 0 Å². The number of fused-ring (bicyclic) bond motifs is 1. The highest BCUT2D eigenvalue weighted by Gasteiger charge is 2.10. The SMILES string of the molecule is Cn1ncc2c(Oc3ccc(N)cc3F)ccnc21. The molecule has 0 aliphatic rings. The van der Waals surface area contributed by atoms with E-state index in [2.05, 4.69) is 10.1 Å². The number of nitrogens with zero attached hydrogens (tertiary/aromatic N) is 3. The van der Waals surface area contributed by atoms with Crippen LogP contribution in [-0.4, -0.2) is 14.8 Å². The predicted molar refractivity (Wildman–Crippen MR) is 69.4 cm³/mol. The van der Waals surface area contributed by atoms with Crippen LogP contribution < -0.4 is 10.5 Å². The zero-order chi connectivity index (χ0) is 13.4. The van der Waals surface area contributed by atoms with Gasteiger partial charge in [-0.3, -0.25) is 4.68 Å². The minimum absolute atomic E-state index is 0.116. The monoisotopic (exact) mass is 258 g/mol. The second kappa shape index (κ2) is 4.24. The van der Waals surface area contributed by atoms with Crippen LogP contribution in [0.2, 0.25) is 0 Å². The molecule has 0 unspecified atom stereocenters. The van der Waals surface area contributed by atoms with Gasteiger partial charge in [0.15, 0.2) is 17.2 Å². The molecular formula is C13H11FN4O. The number of aryl methyl sites for hydroxylation is 1. The molecule has 0 bridgehead atoms. The van der Waals surface area contributed by atoms with Crippen LogP contribution in [0.4, 0.5) is 10.1 Å². The Labute approximate surface area is 108 Å². The molecule has 0 atom stereocenters. The lowest BCUT2D eigenvalue weighted by atomic mass is 10.3. The number of anilines is 1. The Morgan fingerprint density at radius 2 is 2.11 bits per heavy atom. The van der Waals surface area contributed by atoms with E-state index < -0.39 is 5.82 Å². The predicted octanol–water partition coefficient (Wildman–Crippen LogP) is 2.48. The van der Waals surface area contributed by atoms with Gasteiger partial charge in [-0.1, -0.05) is 0 Å². The fourth-order valence-corrected chi connectivity index (χ4v) is 1.83. The Morgan fingerprint density at radius 3 is 2.89 bits per heavy atom. The molecule has 0 aliphatic heterocycles. The van der Waals surface area contributed by atoms with Gasteiger partial charge in [-0.05, 0) is 18.2 Å². The van der Waals surface area contributed by atoms with E-state index in [4.69, 9.17) is 10.5 Å². The molecule has 0 saturated heterocycles. The molecule has 2 N–H and O–H groups in total. The van der Waals surface area contributed by atoms with E-state index in [9.17, 15) is 4.39 Å². The first-order chi connectivity index (χ1) is 9.15. The van der Waals surface area contributed by atoms with Crippen LogP contribution in [-0.2, 0) is 7.05 Å². The summed E-state index contributed by atoms with van der Waals surface area (Å²) in [5, 5.41) is 4.82. The Balaban J connectivity index is 2.06. The molecule has 0 saturated carbocycles. The van der Waals surface area contributed by atoms with Crippen LogP contribution in [0.1, 0.15) is 0 Å². The normalized spacial score (nSPS) is 10.8. The first-order valence-electron chi connectivity index (χ1n) is 5.65. The van der Waals surface area contributed by atoms with Gasteiger partial charge in [0.05, 0.1) is 11.6 Å². The molecular weight excluding hydrogens is 247 g/mol. The van der Waals surface area contributed by atoms with Crippen molar-refractivity contribution in [2.45, 2.75) is 0 Å². The topological polar surface area (TPSA) is 66.0 Å². The third-order valence-corrected chi connectivity index (χ3v) is 2.77. The minimum Gasteiger partial charge on any atom is -0.453 e. The van der Waals surface area contributed by atoms with Crippen molar-refractivity contribution in [3.8, 4) is 11.5 Å². The summed E-state index contributed by atoms with van der Waals surface area (Å²) in [6, 6.07) is 5.96. The van der Waals surface area contributed by atoms with Crippen molar-refractivity contribution >= 4 is 16.7 Å². The molecule has 96 valence electrons. The Hall–Kier alpha value is -2.63. The van der Waals surface area contributed by atoms with Gasteiger partial charge >= 0.3 is 0 Å². The van der Waals surface area contributed by atoms with Crippen LogP contribution in [0.15, 0.2) is 36.7 Å². The van der Waals surface area contributed by atoms with Gasteiger partial charge < -0.3 is 10.5 Å². The van der Waals surface area contributed by atoms with Gasteiger partial charge in [0.25, 0.3) is 0 Å². The molecule has 5 nitrogen and oxygen atoms in total. The second-order valence-corrected chi connectivity index (χ2v) is 4.11. The van der Waals surface area contributed by atoms with E-state index in [1.54, 1.807) is 36.3 Å². The quantitative estimate of drug-likeness (QED) is 0.717. The first-order valence-corrected chi connectivity index (χ1v) is 5.65. The number of nitrogens with two attached hydrogens (primary N) is 1. The van der Waals surface area contributed by atoms with E-state index in [-0.39, 0.29) is 5.75 Å². The number of pyridine rings is 1. The average Bonchev–Trinajstić information content (AvgIpc) is 2.76. The Kier molecular flexibility index (Phi) is 2.56. The molecule has 0 aliphatic carbocycles. The standard InChI is InChI=1S/C13H11FN4O/c1-18-13-9(7-17-18)11(4-5-16-13)19-12-3-2-8(15)6-10(12)14/h2-7H,15H2,1H3. The number of rotatable bonds is 2. The van der Waals surface area contributed by atoms with Gasteiger partial charge in [0.1, 0.15) is 5.75 Å². The third kappa shape index (κ3) is 1.97. The van der Waals surface area contributed by atoms with Crippen LogP contribution in [0.5, 0.6) is 11.5 Å². The van der Waals surface area contributed by atoms with Crippen LogP contribution in [0.25, 0.3) is 11.0 Å².